The minimum atomic E-state index is 1.11. The van der Waals surface area contributed by atoms with Gasteiger partial charge in [-0.25, -0.2) is 0 Å². The molecular weight excluding hydrogens is 342 g/mol. The minimum absolute atomic E-state index is 1.11. The molecule has 1 heterocycles. The van der Waals surface area contributed by atoms with E-state index in [9.17, 15) is 0 Å². The van der Waals surface area contributed by atoms with Gasteiger partial charge in [0.2, 0.25) is 0 Å². The molecule has 0 aliphatic heterocycles. The van der Waals surface area contributed by atoms with E-state index in [-0.39, 0.29) is 0 Å². The minimum Gasteiger partial charge on any atom is -0.360 e. The first-order valence-corrected chi connectivity index (χ1v) is 8.34. The maximum Gasteiger partial charge on any atom is 0.0466 e. The molecule has 0 aliphatic carbocycles. The molecule has 3 heteroatoms. The van der Waals surface area contributed by atoms with Crippen LogP contribution in [0, 0.1) is 0 Å². The maximum atomic E-state index is 3.55. The second-order valence-electron chi connectivity index (χ2n) is 4.92. The second-order valence-corrected chi connectivity index (χ2v) is 6.92. The van der Waals surface area contributed by atoms with E-state index >= 15 is 0 Å². The Balaban J connectivity index is 1.85. The van der Waals surface area contributed by atoms with Crippen molar-refractivity contribution in [1.82, 2.24) is 4.98 Å². The lowest BCUT2D eigenvalue weighted by Crippen LogP contribution is -1.77. The number of fused-ring (bicyclic) bond motifs is 2. The Kier molecular flexibility index (Phi) is 3.24. The van der Waals surface area contributed by atoms with Gasteiger partial charge in [-0.2, -0.15) is 0 Å². The van der Waals surface area contributed by atoms with Gasteiger partial charge in [-0.15, -0.1) is 0 Å². The topological polar surface area (TPSA) is 15.8 Å². The van der Waals surface area contributed by atoms with Crippen molar-refractivity contribution in [2.24, 2.45) is 0 Å². The Hall–Kier alpha value is -1.71. The van der Waals surface area contributed by atoms with Gasteiger partial charge in [0.25, 0.3) is 0 Å². The van der Waals surface area contributed by atoms with Crippen molar-refractivity contribution < 1.29 is 0 Å². The summed E-state index contributed by atoms with van der Waals surface area (Å²) in [6.45, 7) is 0. The zero-order valence-electron chi connectivity index (χ0n) is 11.1. The zero-order chi connectivity index (χ0) is 14.2. The highest BCUT2D eigenvalue weighted by Gasteiger charge is 2.08. The van der Waals surface area contributed by atoms with Crippen LogP contribution in [0.2, 0.25) is 0 Å². The third-order valence-corrected chi connectivity index (χ3v) is 5.20. The Morgan fingerprint density at radius 2 is 1.67 bits per heavy atom. The van der Waals surface area contributed by atoms with Crippen LogP contribution in [0.1, 0.15) is 0 Å². The predicted octanol–water partition coefficient (Wildman–Crippen LogP) is 6.23. The van der Waals surface area contributed by atoms with Crippen LogP contribution in [0.3, 0.4) is 0 Å². The molecule has 1 aromatic heterocycles. The molecule has 0 spiro atoms. The van der Waals surface area contributed by atoms with E-state index in [0.717, 1.165) is 4.47 Å². The van der Waals surface area contributed by atoms with Gasteiger partial charge in [-0.1, -0.05) is 64.1 Å². The van der Waals surface area contributed by atoms with E-state index in [1.807, 2.05) is 11.8 Å². The molecule has 0 amide bonds. The van der Waals surface area contributed by atoms with Crippen LogP contribution in [-0.2, 0) is 0 Å². The average Bonchev–Trinajstić information content (AvgIpc) is 2.90. The summed E-state index contributed by atoms with van der Waals surface area (Å²) < 4.78 is 1.11. The molecule has 0 radical (unpaired) electrons. The van der Waals surface area contributed by atoms with Gasteiger partial charge >= 0.3 is 0 Å². The van der Waals surface area contributed by atoms with Crippen molar-refractivity contribution in [3.63, 3.8) is 0 Å². The van der Waals surface area contributed by atoms with Crippen molar-refractivity contribution in [3.05, 3.63) is 71.3 Å². The number of H-pyrrole nitrogens is 1. The lowest BCUT2D eigenvalue weighted by Gasteiger charge is -2.05. The highest BCUT2D eigenvalue weighted by Crippen LogP contribution is 2.37. The molecule has 0 saturated heterocycles. The van der Waals surface area contributed by atoms with E-state index in [0.29, 0.717) is 0 Å². The molecule has 0 unspecified atom stereocenters. The van der Waals surface area contributed by atoms with Crippen LogP contribution < -0.4 is 0 Å². The Morgan fingerprint density at radius 3 is 2.62 bits per heavy atom. The number of hydrogen-bond acceptors (Lipinski definition) is 1. The summed E-state index contributed by atoms with van der Waals surface area (Å²) in [5, 5.41) is 3.83. The van der Waals surface area contributed by atoms with Gasteiger partial charge in [0.05, 0.1) is 0 Å². The number of aromatic amines is 1. The van der Waals surface area contributed by atoms with Gasteiger partial charge in [0, 0.05) is 31.4 Å². The molecule has 0 saturated carbocycles. The van der Waals surface area contributed by atoms with Gasteiger partial charge < -0.3 is 4.98 Å². The van der Waals surface area contributed by atoms with Crippen molar-refractivity contribution in [2.45, 2.75) is 9.79 Å². The number of nitrogens with one attached hydrogen (secondary N) is 1. The summed E-state index contributed by atoms with van der Waals surface area (Å²) in [6, 6.07) is 21.3. The quantitative estimate of drug-likeness (QED) is 0.451. The van der Waals surface area contributed by atoms with Crippen LogP contribution in [0.25, 0.3) is 21.7 Å². The molecule has 1 nitrogen and oxygen atoms in total. The third kappa shape index (κ3) is 2.37. The van der Waals surface area contributed by atoms with Gasteiger partial charge in [0.15, 0.2) is 0 Å². The number of rotatable bonds is 2. The molecule has 4 rings (SSSR count). The zero-order valence-corrected chi connectivity index (χ0v) is 13.5. The lowest BCUT2D eigenvalue weighted by molar-refractivity contribution is 1.41. The second kappa shape index (κ2) is 5.24. The van der Waals surface area contributed by atoms with E-state index in [4.69, 9.17) is 0 Å². The summed E-state index contributed by atoms with van der Waals surface area (Å²) >= 11 is 5.36. The molecule has 0 bridgehead atoms. The molecule has 102 valence electrons. The Labute approximate surface area is 135 Å². The van der Waals surface area contributed by atoms with Gasteiger partial charge in [-0.3, -0.25) is 0 Å². The predicted molar refractivity (Wildman–Crippen MR) is 94.1 cm³/mol. The molecule has 4 aromatic rings. The number of aromatic nitrogens is 1. The smallest absolute Gasteiger partial charge is 0.0466 e. The lowest BCUT2D eigenvalue weighted by atomic mass is 10.1. The number of hydrogen-bond donors (Lipinski definition) is 1. The highest BCUT2D eigenvalue weighted by atomic mass is 79.9. The molecule has 3 aromatic carbocycles. The van der Waals surface area contributed by atoms with Crippen LogP contribution >= 0.6 is 27.7 Å². The largest absolute Gasteiger partial charge is 0.360 e. The normalized spacial score (nSPS) is 11.3. The maximum absolute atomic E-state index is 3.55. The summed E-state index contributed by atoms with van der Waals surface area (Å²) in [5.74, 6) is 0. The molecule has 0 fully saturated rings. The molecule has 0 atom stereocenters. The summed E-state index contributed by atoms with van der Waals surface area (Å²) in [5.41, 5.74) is 1.17. The molecule has 1 N–H and O–H groups in total. The monoisotopic (exact) mass is 353 g/mol. The van der Waals surface area contributed by atoms with Crippen molar-refractivity contribution in [2.75, 3.05) is 0 Å². The van der Waals surface area contributed by atoms with Crippen LogP contribution in [-0.4, -0.2) is 4.98 Å². The van der Waals surface area contributed by atoms with E-state index in [1.165, 1.54) is 31.5 Å². The first kappa shape index (κ1) is 13.0. The summed E-state index contributed by atoms with van der Waals surface area (Å²) in [4.78, 5) is 5.88. The van der Waals surface area contributed by atoms with E-state index in [1.54, 1.807) is 0 Å². The number of halogens is 1. The third-order valence-electron chi connectivity index (χ3n) is 3.58. The van der Waals surface area contributed by atoms with Gasteiger partial charge in [0.1, 0.15) is 0 Å². The van der Waals surface area contributed by atoms with Gasteiger partial charge in [-0.05, 0) is 35.0 Å². The Bertz CT molecular complexity index is 937. The Morgan fingerprint density at radius 1 is 0.810 bits per heavy atom. The standard InChI is InChI=1S/C18H12BrNS/c19-13-8-9-16-15(10-13)18(11-20-16)21-17-7-3-5-12-4-1-2-6-14(12)17/h1-11,20H. The number of benzene rings is 3. The fourth-order valence-electron chi connectivity index (χ4n) is 2.55. The van der Waals surface area contributed by atoms with E-state index < -0.39 is 0 Å². The SMILES string of the molecule is Brc1ccc2[nH]cc(Sc3cccc4ccccc34)c2c1. The molecular formula is C18H12BrNS. The molecule has 0 aliphatic rings. The van der Waals surface area contributed by atoms with Crippen LogP contribution in [0.15, 0.2) is 81.1 Å². The highest BCUT2D eigenvalue weighted by molar-refractivity contribution is 9.10. The first-order chi connectivity index (χ1) is 10.3. The fraction of sp³-hybridized carbons (Fsp3) is 0. The summed E-state index contributed by atoms with van der Waals surface area (Å²) in [6.07, 6.45) is 2.09. The summed E-state index contributed by atoms with van der Waals surface area (Å²) in [7, 11) is 0. The van der Waals surface area contributed by atoms with Crippen molar-refractivity contribution in [3.8, 4) is 0 Å². The fourth-order valence-corrected chi connectivity index (χ4v) is 3.99. The molecule has 21 heavy (non-hydrogen) atoms. The van der Waals surface area contributed by atoms with E-state index in [2.05, 4.69) is 87.8 Å². The van der Waals surface area contributed by atoms with Crippen molar-refractivity contribution >= 4 is 49.4 Å². The van der Waals surface area contributed by atoms with Crippen molar-refractivity contribution in [1.29, 1.82) is 0 Å². The van der Waals surface area contributed by atoms with Crippen LogP contribution in [0.5, 0.6) is 0 Å². The average molecular weight is 354 g/mol. The first-order valence-electron chi connectivity index (χ1n) is 6.73. The van der Waals surface area contributed by atoms with Crippen LogP contribution in [0.4, 0.5) is 0 Å².